The number of amides is 1. The molecule has 0 atom stereocenters. The first-order valence-corrected chi connectivity index (χ1v) is 5.30. The highest BCUT2D eigenvalue weighted by Crippen LogP contribution is 2.21. The maximum Gasteiger partial charge on any atom is 0.221 e. The van der Waals surface area contributed by atoms with Crippen molar-refractivity contribution in [2.75, 3.05) is 5.32 Å². The van der Waals surface area contributed by atoms with Gasteiger partial charge in [-0.05, 0) is 28.6 Å². The summed E-state index contributed by atoms with van der Waals surface area (Å²) in [6, 6.07) is 7.45. The van der Waals surface area contributed by atoms with Crippen molar-refractivity contribution in [1.29, 1.82) is 0 Å². The van der Waals surface area contributed by atoms with Crippen molar-refractivity contribution in [2.24, 2.45) is 0 Å². The first kappa shape index (κ1) is 10.6. The second-order valence-electron chi connectivity index (χ2n) is 3.01. The molecular formula is C9H9N5OS. The van der Waals surface area contributed by atoms with Gasteiger partial charge < -0.3 is 5.32 Å². The number of carbonyl (C=O) groups excluding carboxylic acids is 1. The Labute approximate surface area is 96.2 Å². The highest BCUT2D eigenvalue weighted by molar-refractivity contribution is 7.97. The zero-order valence-electron chi connectivity index (χ0n) is 8.49. The number of benzene rings is 1. The third-order valence-electron chi connectivity index (χ3n) is 1.68. The van der Waals surface area contributed by atoms with Crippen molar-refractivity contribution in [3.63, 3.8) is 0 Å². The van der Waals surface area contributed by atoms with Gasteiger partial charge in [-0.3, -0.25) is 4.79 Å². The molecule has 6 nitrogen and oxygen atoms in total. The fraction of sp³-hybridized carbons (Fsp3) is 0.111. The number of rotatable bonds is 3. The minimum atomic E-state index is -0.0930. The van der Waals surface area contributed by atoms with E-state index >= 15 is 0 Å². The first-order valence-electron chi connectivity index (χ1n) is 4.53. The molecule has 0 saturated carbocycles. The average Bonchev–Trinajstić information content (AvgIpc) is 2.70. The number of hydrogen-bond donors (Lipinski definition) is 1. The summed E-state index contributed by atoms with van der Waals surface area (Å²) in [4.78, 5) is 11.8. The van der Waals surface area contributed by atoms with E-state index < -0.39 is 0 Å². The summed E-state index contributed by atoms with van der Waals surface area (Å²) in [5, 5.41) is 13.5. The van der Waals surface area contributed by atoms with Gasteiger partial charge in [-0.25, -0.2) is 0 Å². The van der Waals surface area contributed by atoms with Crippen molar-refractivity contribution >= 4 is 23.5 Å². The highest BCUT2D eigenvalue weighted by Gasteiger charge is 2.00. The molecule has 0 bridgehead atoms. The topological polar surface area (TPSA) is 72.7 Å². The third-order valence-corrected chi connectivity index (χ3v) is 2.50. The highest BCUT2D eigenvalue weighted by atomic mass is 32.2. The van der Waals surface area contributed by atoms with Gasteiger partial charge in [-0.15, -0.1) is 5.10 Å². The number of nitrogens with zero attached hydrogens (tertiary/aromatic N) is 4. The van der Waals surface area contributed by atoms with Gasteiger partial charge in [0.2, 0.25) is 5.91 Å². The van der Waals surface area contributed by atoms with E-state index in [2.05, 4.69) is 20.8 Å². The van der Waals surface area contributed by atoms with Gasteiger partial charge in [0.05, 0.1) is 0 Å². The molecule has 2 aromatic rings. The first-order chi connectivity index (χ1) is 7.74. The summed E-state index contributed by atoms with van der Waals surface area (Å²) < 4.78 is 1.53. The molecule has 0 aliphatic rings. The summed E-state index contributed by atoms with van der Waals surface area (Å²) in [6.07, 6.45) is 1.51. The maximum atomic E-state index is 10.9. The summed E-state index contributed by atoms with van der Waals surface area (Å²) in [5.74, 6) is -0.0930. The summed E-state index contributed by atoms with van der Waals surface area (Å²) in [6.45, 7) is 1.47. The Balaban J connectivity index is 2.13. The fourth-order valence-corrected chi connectivity index (χ4v) is 1.83. The van der Waals surface area contributed by atoms with E-state index in [0.29, 0.717) is 0 Å². The number of hydrogen-bond acceptors (Lipinski definition) is 5. The predicted octanol–water partition coefficient (Wildman–Crippen LogP) is 1.19. The van der Waals surface area contributed by atoms with Crippen LogP contribution in [0.1, 0.15) is 6.92 Å². The monoisotopic (exact) mass is 235 g/mol. The largest absolute Gasteiger partial charge is 0.326 e. The number of nitrogens with one attached hydrogen (secondary N) is 1. The quantitative estimate of drug-likeness (QED) is 0.865. The van der Waals surface area contributed by atoms with Gasteiger partial charge in [0.15, 0.2) is 6.33 Å². The molecule has 0 spiro atoms. The lowest BCUT2D eigenvalue weighted by molar-refractivity contribution is -0.114. The van der Waals surface area contributed by atoms with E-state index in [-0.39, 0.29) is 5.91 Å². The predicted molar refractivity (Wildman–Crippen MR) is 59.8 cm³/mol. The normalized spacial score (nSPS) is 10.1. The molecule has 0 aliphatic heterocycles. The third kappa shape index (κ3) is 2.80. The Morgan fingerprint density at radius 2 is 2.38 bits per heavy atom. The molecule has 1 amide bonds. The smallest absolute Gasteiger partial charge is 0.221 e. The van der Waals surface area contributed by atoms with Crippen LogP contribution in [-0.2, 0) is 4.79 Å². The number of carbonyl (C=O) groups is 1. The molecule has 1 aromatic carbocycles. The standard InChI is InChI=1S/C9H9N5OS/c1-7(15)11-8-3-2-4-9(5-8)16-14-6-10-12-13-14/h2-6H,1H3,(H,11,15). The zero-order chi connectivity index (χ0) is 11.4. The van der Waals surface area contributed by atoms with Crippen LogP contribution in [-0.4, -0.2) is 25.5 Å². The molecule has 1 N–H and O–H groups in total. The van der Waals surface area contributed by atoms with E-state index in [1.165, 1.54) is 29.3 Å². The van der Waals surface area contributed by atoms with Crippen LogP contribution in [0.15, 0.2) is 35.5 Å². The van der Waals surface area contributed by atoms with Crippen LogP contribution < -0.4 is 5.32 Å². The molecule has 7 heteroatoms. The van der Waals surface area contributed by atoms with E-state index in [1.54, 1.807) is 0 Å². The van der Waals surface area contributed by atoms with Gasteiger partial charge in [0.1, 0.15) is 0 Å². The molecular weight excluding hydrogens is 226 g/mol. The van der Waals surface area contributed by atoms with Crippen LogP contribution in [0.4, 0.5) is 5.69 Å². The zero-order valence-corrected chi connectivity index (χ0v) is 9.31. The lowest BCUT2D eigenvalue weighted by Gasteiger charge is -2.04. The molecule has 0 unspecified atom stereocenters. The van der Waals surface area contributed by atoms with Crippen LogP contribution in [0.5, 0.6) is 0 Å². The van der Waals surface area contributed by atoms with Crippen molar-refractivity contribution in [3.8, 4) is 0 Å². The molecule has 82 valence electrons. The van der Waals surface area contributed by atoms with Crippen LogP contribution in [0.3, 0.4) is 0 Å². The molecule has 1 heterocycles. The Morgan fingerprint density at radius 1 is 1.50 bits per heavy atom. The molecule has 0 fully saturated rings. The SMILES string of the molecule is CC(=O)Nc1cccc(Sn2cnnn2)c1. The van der Waals surface area contributed by atoms with E-state index in [4.69, 9.17) is 0 Å². The Morgan fingerprint density at radius 3 is 3.06 bits per heavy atom. The number of aromatic nitrogens is 4. The van der Waals surface area contributed by atoms with Gasteiger partial charge in [0.25, 0.3) is 0 Å². The van der Waals surface area contributed by atoms with E-state index in [0.717, 1.165) is 10.6 Å². The number of anilines is 1. The van der Waals surface area contributed by atoms with Crippen LogP contribution >= 0.6 is 11.9 Å². The molecule has 16 heavy (non-hydrogen) atoms. The molecule has 2 rings (SSSR count). The van der Waals surface area contributed by atoms with Crippen LogP contribution in [0, 0.1) is 0 Å². The van der Waals surface area contributed by atoms with Crippen molar-refractivity contribution in [1.82, 2.24) is 19.6 Å². The second-order valence-corrected chi connectivity index (χ2v) is 4.04. The Hall–Kier alpha value is -1.89. The van der Waals surface area contributed by atoms with E-state index in [1.807, 2.05) is 24.3 Å². The van der Waals surface area contributed by atoms with Gasteiger partial charge in [-0.2, -0.15) is 4.09 Å². The molecule has 0 radical (unpaired) electrons. The van der Waals surface area contributed by atoms with Gasteiger partial charge >= 0.3 is 0 Å². The second kappa shape index (κ2) is 4.75. The van der Waals surface area contributed by atoms with Crippen molar-refractivity contribution in [2.45, 2.75) is 11.8 Å². The average molecular weight is 235 g/mol. The minimum Gasteiger partial charge on any atom is -0.326 e. The summed E-state index contributed by atoms with van der Waals surface area (Å²) in [5.41, 5.74) is 0.755. The summed E-state index contributed by atoms with van der Waals surface area (Å²) >= 11 is 1.36. The molecule has 0 aliphatic carbocycles. The van der Waals surface area contributed by atoms with Gasteiger partial charge in [0, 0.05) is 29.5 Å². The lowest BCUT2D eigenvalue weighted by Crippen LogP contribution is -2.05. The molecule has 0 saturated heterocycles. The van der Waals surface area contributed by atoms with Gasteiger partial charge in [-0.1, -0.05) is 6.07 Å². The lowest BCUT2D eigenvalue weighted by atomic mass is 10.3. The Bertz CT molecular complexity index is 484. The minimum absolute atomic E-state index is 0.0930. The van der Waals surface area contributed by atoms with Crippen molar-refractivity contribution in [3.05, 3.63) is 30.6 Å². The van der Waals surface area contributed by atoms with Crippen molar-refractivity contribution < 1.29 is 4.79 Å². The molecule has 1 aromatic heterocycles. The van der Waals surface area contributed by atoms with Crippen LogP contribution in [0.2, 0.25) is 0 Å². The fourth-order valence-electron chi connectivity index (χ4n) is 1.14. The van der Waals surface area contributed by atoms with Crippen LogP contribution in [0.25, 0.3) is 0 Å². The number of tetrazole rings is 1. The maximum absolute atomic E-state index is 10.9. The Kier molecular flexibility index (Phi) is 3.16. The summed E-state index contributed by atoms with van der Waals surface area (Å²) in [7, 11) is 0. The van der Waals surface area contributed by atoms with E-state index in [9.17, 15) is 4.79 Å².